The third-order valence-electron chi connectivity index (χ3n) is 6.43. The zero-order chi connectivity index (χ0) is 18.7. The summed E-state index contributed by atoms with van der Waals surface area (Å²) in [6.45, 7) is 4.23. The van der Waals surface area contributed by atoms with E-state index in [2.05, 4.69) is 34.6 Å². The van der Waals surface area contributed by atoms with Gasteiger partial charge in [0.1, 0.15) is 16.1 Å². The van der Waals surface area contributed by atoms with Crippen molar-refractivity contribution in [2.45, 2.75) is 68.0 Å². The van der Waals surface area contributed by atoms with Gasteiger partial charge in [0, 0.05) is 31.7 Å². The molecule has 0 aromatic rings. The molecule has 0 bridgehead atoms. The van der Waals surface area contributed by atoms with Gasteiger partial charge in [-0.3, -0.25) is 16.0 Å². The Labute approximate surface area is 162 Å². The summed E-state index contributed by atoms with van der Waals surface area (Å²) in [7, 11) is -1.17. The lowest BCUT2D eigenvalue weighted by Gasteiger charge is -2.44. The SMILES string of the molecule is COC1NCC(NCC2SCCC2C)NC1C1CCC(S(C)(=O)=O)CC1. The number of nitrogens with one attached hydrogen (secondary N) is 3. The molecule has 3 rings (SSSR count). The van der Waals surface area contributed by atoms with Gasteiger partial charge in [-0.05, 0) is 49.7 Å². The Hall–Kier alpha value is 0.140. The average Bonchev–Trinajstić information content (AvgIpc) is 3.04. The fourth-order valence-electron chi connectivity index (χ4n) is 4.63. The highest BCUT2D eigenvalue weighted by atomic mass is 32.2. The Morgan fingerprint density at radius 1 is 1.19 bits per heavy atom. The third-order valence-corrected chi connectivity index (χ3v) is 9.65. The minimum absolute atomic E-state index is 0.00684. The van der Waals surface area contributed by atoms with Gasteiger partial charge < -0.3 is 4.74 Å². The lowest BCUT2D eigenvalue weighted by molar-refractivity contribution is -0.0123. The van der Waals surface area contributed by atoms with Crippen LogP contribution in [0.25, 0.3) is 0 Å². The molecule has 1 aliphatic carbocycles. The summed E-state index contributed by atoms with van der Waals surface area (Å²) in [5.74, 6) is 2.52. The van der Waals surface area contributed by atoms with Gasteiger partial charge in [-0.25, -0.2) is 8.42 Å². The Morgan fingerprint density at radius 3 is 2.50 bits per heavy atom. The molecule has 26 heavy (non-hydrogen) atoms. The summed E-state index contributed by atoms with van der Waals surface area (Å²) in [5.41, 5.74) is 0. The van der Waals surface area contributed by atoms with Gasteiger partial charge in [0.2, 0.25) is 0 Å². The summed E-state index contributed by atoms with van der Waals surface area (Å²) in [6, 6.07) is 0.223. The van der Waals surface area contributed by atoms with Crippen LogP contribution in [0.5, 0.6) is 0 Å². The number of ether oxygens (including phenoxy) is 1. The van der Waals surface area contributed by atoms with Crippen molar-refractivity contribution < 1.29 is 13.2 Å². The second-order valence-corrected chi connectivity index (χ2v) is 11.9. The quantitative estimate of drug-likeness (QED) is 0.612. The first-order valence-corrected chi connectivity index (χ1v) is 12.9. The second-order valence-electron chi connectivity index (χ2n) is 8.26. The molecule has 1 saturated carbocycles. The number of rotatable bonds is 6. The summed E-state index contributed by atoms with van der Waals surface area (Å²) < 4.78 is 29.3. The highest BCUT2D eigenvalue weighted by molar-refractivity contribution is 8.00. The molecule has 2 heterocycles. The fraction of sp³-hybridized carbons (Fsp3) is 1.00. The maximum Gasteiger partial charge on any atom is 0.150 e. The number of hydrogen-bond acceptors (Lipinski definition) is 7. The zero-order valence-corrected chi connectivity index (χ0v) is 17.9. The lowest BCUT2D eigenvalue weighted by atomic mass is 9.82. The predicted molar refractivity (Wildman–Crippen MR) is 108 cm³/mol. The Morgan fingerprint density at radius 2 is 1.92 bits per heavy atom. The average molecular weight is 406 g/mol. The number of thioether (sulfide) groups is 1. The van der Waals surface area contributed by atoms with Crippen molar-refractivity contribution in [3.8, 4) is 0 Å². The van der Waals surface area contributed by atoms with E-state index < -0.39 is 9.84 Å². The normalized spacial score (nSPS) is 42.0. The summed E-state index contributed by atoms with van der Waals surface area (Å²) in [5, 5.41) is 11.5. The Kier molecular flexibility index (Phi) is 7.30. The molecule has 5 unspecified atom stereocenters. The molecule has 3 N–H and O–H groups in total. The topological polar surface area (TPSA) is 79.5 Å². The molecule has 0 aromatic carbocycles. The lowest BCUT2D eigenvalue weighted by Crippen LogP contribution is -2.68. The van der Waals surface area contributed by atoms with Gasteiger partial charge in [-0.2, -0.15) is 11.8 Å². The molecule has 2 saturated heterocycles. The number of sulfone groups is 1. The summed E-state index contributed by atoms with van der Waals surface area (Å²) >= 11 is 2.08. The van der Waals surface area contributed by atoms with Gasteiger partial charge in [0.15, 0.2) is 0 Å². The fourth-order valence-corrected chi connectivity index (χ4v) is 7.25. The van der Waals surface area contributed by atoms with Crippen LogP contribution in [0.3, 0.4) is 0 Å². The van der Waals surface area contributed by atoms with Crippen molar-refractivity contribution in [3.05, 3.63) is 0 Å². The van der Waals surface area contributed by atoms with Gasteiger partial charge in [0.05, 0.1) is 17.5 Å². The smallest absolute Gasteiger partial charge is 0.150 e. The van der Waals surface area contributed by atoms with Crippen LogP contribution in [0.4, 0.5) is 0 Å². The second kappa shape index (κ2) is 9.09. The van der Waals surface area contributed by atoms with E-state index in [1.807, 2.05) is 0 Å². The van der Waals surface area contributed by atoms with Gasteiger partial charge in [-0.1, -0.05) is 6.92 Å². The molecular formula is C18H35N3O3S2. The first-order chi connectivity index (χ1) is 12.4. The molecule has 152 valence electrons. The molecule has 5 atom stereocenters. The van der Waals surface area contributed by atoms with Crippen LogP contribution in [0.2, 0.25) is 0 Å². The van der Waals surface area contributed by atoms with Crippen LogP contribution in [0.15, 0.2) is 0 Å². The minimum atomic E-state index is -2.92. The van der Waals surface area contributed by atoms with Gasteiger partial charge in [-0.15, -0.1) is 0 Å². The molecule has 8 heteroatoms. The van der Waals surface area contributed by atoms with E-state index in [1.165, 1.54) is 18.4 Å². The Bertz CT molecular complexity index is 552. The van der Waals surface area contributed by atoms with Crippen molar-refractivity contribution in [2.75, 3.05) is 32.2 Å². The van der Waals surface area contributed by atoms with Crippen LogP contribution < -0.4 is 16.0 Å². The molecule has 0 spiro atoms. The maximum atomic E-state index is 11.8. The third kappa shape index (κ3) is 5.14. The van der Waals surface area contributed by atoms with Crippen molar-refractivity contribution in [1.82, 2.24) is 16.0 Å². The van der Waals surface area contributed by atoms with E-state index >= 15 is 0 Å². The van der Waals surface area contributed by atoms with Crippen molar-refractivity contribution >= 4 is 21.6 Å². The molecule has 6 nitrogen and oxygen atoms in total. The molecular weight excluding hydrogens is 370 g/mol. The van der Waals surface area contributed by atoms with Gasteiger partial charge >= 0.3 is 0 Å². The van der Waals surface area contributed by atoms with E-state index in [-0.39, 0.29) is 23.7 Å². The van der Waals surface area contributed by atoms with Crippen LogP contribution in [0, 0.1) is 11.8 Å². The van der Waals surface area contributed by atoms with Gasteiger partial charge in [0.25, 0.3) is 0 Å². The molecule has 3 aliphatic rings. The van der Waals surface area contributed by atoms with Crippen LogP contribution in [0.1, 0.15) is 39.0 Å². The predicted octanol–water partition coefficient (Wildman–Crippen LogP) is 1.18. The van der Waals surface area contributed by atoms with Crippen molar-refractivity contribution in [3.63, 3.8) is 0 Å². The largest absolute Gasteiger partial charge is 0.365 e. The van der Waals surface area contributed by atoms with Crippen molar-refractivity contribution in [2.24, 2.45) is 11.8 Å². The van der Waals surface area contributed by atoms with E-state index in [4.69, 9.17) is 4.74 Å². The van der Waals surface area contributed by atoms with E-state index in [0.29, 0.717) is 11.2 Å². The minimum Gasteiger partial charge on any atom is -0.365 e. The van der Waals surface area contributed by atoms with Crippen molar-refractivity contribution in [1.29, 1.82) is 0 Å². The van der Waals surface area contributed by atoms with E-state index in [0.717, 1.165) is 44.7 Å². The van der Waals surface area contributed by atoms with E-state index in [1.54, 1.807) is 7.11 Å². The molecule has 0 aromatic heterocycles. The highest BCUT2D eigenvalue weighted by Gasteiger charge is 2.39. The number of hydrogen-bond donors (Lipinski definition) is 3. The summed E-state index contributed by atoms with van der Waals surface area (Å²) in [6.07, 6.45) is 6.36. The van der Waals surface area contributed by atoms with Crippen LogP contribution >= 0.6 is 11.8 Å². The molecule has 2 aliphatic heterocycles. The first-order valence-electron chi connectivity index (χ1n) is 9.94. The molecule has 3 fully saturated rings. The number of methoxy groups -OCH3 is 1. The highest BCUT2D eigenvalue weighted by Crippen LogP contribution is 2.33. The first kappa shape index (κ1) is 20.9. The molecule has 0 amide bonds. The van der Waals surface area contributed by atoms with Crippen LogP contribution in [-0.2, 0) is 14.6 Å². The Balaban J connectivity index is 1.53. The maximum absolute atomic E-state index is 11.8. The zero-order valence-electron chi connectivity index (χ0n) is 16.2. The van der Waals surface area contributed by atoms with E-state index in [9.17, 15) is 8.42 Å². The summed E-state index contributed by atoms with van der Waals surface area (Å²) in [4.78, 5) is 0. The molecule has 0 radical (unpaired) electrons. The number of piperazine rings is 1. The van der Waals surface area contributed by atoms with Crippen LogP contribution in [-0.4, -0.2) is 69.6 Å². The monoisotopic (exact) mass is 405 g/mol. The standard InChI is InChI=1S/C18H35N3O3S2/c1-12-8-9-25-15(12)10-19-16-11-20-18(24-2)17(21-16)13-4-6-14(7-5-13)26(3,22)23/h12-21H,4-11H2,1-3H3.